The predicted octanol–water partition coefficient (Wildman–Crippen LogP) is 0.257. The van der Waals surface area contributed by atoms with Gasteiger partial charge in [0.2, 0.25) is 0 Å². The Balaban J connectivity index is 0. The number of hydrogen-bond acceptors (Lipinski definition) is 1. The second kappa shape index (κ2) is 4.12. The molecule has 6 heavy (non-hydrogen) atoms. The van der Waals surface area contributed by atoms with E-state index >= 15 is 0 Å². The van der Waals surface area contributed by atoms with E-state index < -0.39 is 5.97 Å². The average Bonchev–Trinajstić information content (AvgIpc) is 1.38. The van der Waals surface area contributed by atoms with Crippen molar-refractivity contribution >= 4 is 5.97 Å². The Kier molecular flexibility index (Phi) is 6.13. The molecule has 3 heteroatoms. The van der Waals surface area contributed by atoms with Gasteiger partial charge in [0.15, 0.2) is 0 Å². The van der Waals surface area contributed by atoms with E-state index in [0.29, 0.717) is 0 Å². The van der Waals surface area contributed by atoms with Crippen molar-refractivity contribution in [3.05, 3.63) is 12.7 Å². The van der Waals surface area contributed by atoms with Gasteiger partial charge in [-0.25, -0.2) is 4.79 Å². The first kappa shape index (κ1) is 8.93. The van der Waals surface area contributed by atoms with Gasteiger partial charge in [-0.1, -0.05) is 6.58 Å². The molecule has 0 rings (SSSR count). The van der Waals surface area contributed by atoms with Crippen LogP contribution in [0.3, 0.4) is 0 Å². The Morgan fingerprint density at radius 3 is 2.00 bits per heavy atom. The van der Waals surface area contributed by atoms with Crippen LogP contribution in [0.15, 0.2) is 12.7 Å². The zero-order chi connectivity index (χ0) is 4.28. The molecule has 0 aliphatic carbocycles. The van der Waals surface area contributed by atoms with Crippen molar-refractivity contribution in [3.8, 4) is 0 Å². The fourth-order valence-electron chi connectivity index (χ4n) is 0. The first-order valence-electron chi connectivity index (χ1n) is 1.12. The zero-order valence-electron chi connectivity index (χ0n) is 3.35. The van der Waals surface area contributed by atoms with E-state index in [1.165, 1.54) is 0 Å². The van der Waals surface area contributed by atoms with Crippen molar-refractivity contribution < 1.29 is 16.1 Å². The summed E-state index contributed by atoms with van der Waals surface area (Å²) < 4.78 is 0. The smallest absolute Gasteiger partial charge is 0.327 e. The number of carbonyl (C=O) groups is 1. The fourth-order valence-corrected chi connectivity index (χ4v) is 0. The van der Waals surface area contributed by atoms with Crippen molar-refractivity contribution in [1.82, 2.24) is 0 Å². The molecule has 0 saturated carbocycles. The number of carboxylic acids is 1. The van der Waals surface area contributed by atoms with Crippen LogP contribution >= 0.6 is 0 Å². The van der Waals surface area contributed by atoms with E-state index in [0.717, 1.165) is 6.08 Å². The Labute approximate surface area is 35.9 Å². The molecule has 30 valence electrons. The minimum absolute atomic E-state index is 0. The number of hydrogen-bond donors (Lipinski definition) is 1. The molecule has 0 aromatic carbocycles. The number of aliphatic carboxylic acids is 1. The van der Waals surface area contributed by atoms with Crippen LogP contribution in [0.4, 0.5) is 0 Å². The molecule has 0 aliphatic heterocycles. The van der Waals surface area contributed by atoms with Crippen molar-refractivity contribution in [2.24, 2.45) is 0 Å². The minimum Gasteiger partial charge on any atom is -0.478 e. The SMILES string of the molecule is C=CC(=O)O.[He]. The first-order chi connectivity index (χ1) is 2.27. The molecular formula is C3H4HeO2. The summed E-state index contributed by atoms with van der Waals surface area (Å²) in [4.78, 5) is 9.25. The second-order valence-electron chi connectivity index (χ2n) is 0.542. The molecule has 0 fully saturated rings. The largest absolute Gasteiger partial charge is 0.478 e. The molecule has 1 N–H and O–H groups in total. The molecule has 0 aromatic rings. The Hall–Kier alpha value is -0.881. The van der Waals surface area contributed by atoms with Gasteiger partial charge in [-0.05, 0) is 0 Å². The fraction of sp³-hybridized carbons (Fsp3) is 0. The van der Waals surface area contributed by atoms with Crippen LogP contribution in [0.25, 0.3) is 0 Å². The standard InChI is InChI=1S/C3H4O2.He/c1-2-3(4)5;/h2H,1H2,(H,4,5);. The van der Waals surface area contributed by atoms with Gasteiger partial charge < -0.3 is 5.11 Å². The van der Waals surface area contributed by atoms with E-state index in [1.54, 1.807) is 0 Å². The second-order valence-corrected chi connectivity index (χ2v) is 0.542. The van der Waals surface area contributed by atoms with Crippen LogP contribution in [-0.4, -0.2) is 11.1 Å². The van der Waals surface area contributed by atoms with Crippen LogP contribution in [0.1, 0.15) is 0 Å². The first-order valence-corrected chi connectivity index (χ1v) is 1.12. The van der Waals surface area contributed by atoms with Crippen LogP contribution in [0, 0.1) is 6.15 Å². The Morgan fingerprint density at radius 1 is 1.83 bits per heavy atom. The van der Waals surface area contributed by atoms with E-state index in [9.17, 15) is 4.79 Å². The molecule has 0 radical (unpaired) electrons. The third kappa shape index (κ3) is 11.2. The summed E-state index contributed by atoms with van der Waals surface area (Å²) >= 11 is 0. The molecule has 2 nitrogen and oxygen atoms in total. The zero-order valence-corrected chi connectivity index (χ0v) is 3.35. The van der Waals surface area contributed by atoms with Gasteiger partial charge in [-0.2, -0.15) is 0 Å². The third-order valence-electron chi connectivity index (χ3n) is 0.175. The molecular weight excluding hydrogens is 72.0 g/mol. The van der Waals surface area contributed by atoms with Crippen LogP contribution in [0.5, 0.6) is 0 Å². The van der Waals surface area contributed by atoms with Crippen LogP contribution in [-0.2, 0) is 4.79 Å². The monoisotopic (exact) mass is 76.0 g/mol. The molecule has 0 unspecified atom stereocenters. The topological polar surface area (TPSA) is 37.3 Å². The van der Waals surface area contributed by atoms with E-state index in [4.69, 9.17) is 5.11 Å². The molecule has 0 bridgehead atoms. The maximum Gasteiger partial charge on any atom is 0.327 e. The quantitative estimate of drug-likeness (QED) is 0.455. The summed E-state index contributed by atoms with van der Waals surface area (Å²) in [7, 11) is 0. The van der Waals surface area contributed by atoms with E-state index in [2.05, 4.69) is 6.58 Å². The van der Waals surface area contributed by atoms with Gasteiger partial charge in [0.1, 0.15) is 0 Å². The summed E-state index contributed by atoms with van der Waals surface area (Å²) in [6.07, 6.45) is 0.833. The van der Waals surface area contributed by atoms with E-state index in [1.807, 2.05) is 0 Å². The normalized spacial score (nSPS) is 5.33. The van der Waals surface area contributed by atoms with Gasteiger partial charge >= 0.3 is 5.97 Å². The number of rotatable bonds is 1. The molecule has 0 saturated heterocycles. The maximum absolute atomic E-state index is 9.25. The van der Waals surface area contributed by atoms with E-state index in [-0.39, 0.29) is 6.15 Å². The summed E-state index contributed by atoms with van der Waals surface area (Å²) in [6.45, 7) is 2.96. The molecule has 0 atom stereocenters. The molecule has 0 heterocycles. The summed E-state index contributed by atoms with van der Waals surface area (Å²) in [6, 6.07) is 0. The van der Waals surface area contributed by atoms with Gasteiger partial charge in [0.05, 0.1) is 0 Å². The van der Waals surface area contributed by atoms with Gasteiger partial charge in [-0.3, -0.25) is 0 Å². The minimum atomic E-state index is -0.981. The summed E-state index contributed by atoms with van der Waals surface area (Å²) in [5, 5.41) is 7.60. The van der Waals surface area contributed by atoms with Crippen LogP contribution in [0.2, 0.25) is 0 Å². The van der Waals surface area contributed by atoms with Crippen molar-refractivity contribution in [3.63, 3.8) is 0 Å². The van der Waals surface area contributed by atoms with Crippen LogP contribution < -0.4 is 0 Å². The Bertz CT molecular complexity index is 59.8. The van der Waals surface area contributed by atoms with Gasteiger partial charge in [0.25, 0.3) is 0 Å². The van der Waals surface area contributed by atoms with Gasteiger partial charge in [0, 0.05) is 12.2 Å². The summed E-state index contributed by atoms with van der Waals surface area (Å²) in [5.41, 5.74) is 0. The summed E-state index contributed by atoms with van der Waals surface area (Å²) in [5.74, 6) is -0.981. The molecule has 0 aromatic heterocycles. The van der Waals surface area contributed by atoms with Gasteiger partial charge in [-0.15, -0.1) is 0 Å². The molecule has 0 spiro atoms. The average molecular weight is 76.1 g/mol. The molecule has 0 amide bonds. The van der Waals surface area contributed by atoms with Crippen molar-refractivity contribution in [2.75, 3.05) is 0 Å². The maximum atomic E-state index is 9.25. The van der Waals surface area contributed by atoms with Crippen molar-refractivity contribution in [1.29, 1.82) is 0 Å². The third-order valence-corrected chi connectivity index (χ3v) is 0.175. The van der Waals surface area contributed by atoms with Crippen molar-refractivity contribution in [2.45, 2.75) is 0 Å². The molecule has 0 aliphatic rings. The Morgan fingerprint density at radius 2 is 2.00 bits per heavy atom. The number of carboxylic acid groups (broad SMARTS) is 1. The predicted molar refractivity (Wildman–Crippen MR) is 17.8 cm³/mol.